The molecule has 50 heavy (non-hydrogen) atoms. The number of benzene rings is 3. The van der Waals surface area contributed by atoms with Gasteiger partial charge in [0.2, 0.25) is 11.8 Å². The second-order valence-electron chi connectivity index (χ2n) is 12.1. The summed E-state index contributed by atoms with van der Waals surface area (Å²) in [6, 6.07) is 10.8. The number of hydrogen-bond acceptors (Lipinski definition) is 8. The van der Waals surface area contributed by atoms with Crippen LogP contribution in [0.15, 0.2) is 58.4 Å². The summed E-state index contributed by atoms with van der Waals surface area (Å²) in [4.78, 5) is 30.6. The molecule has 0 bridgehead atoms. The van der Waals surface area contributed by atoms with Gasteiger partial charge in [0, 0.05) is 41.6 Å². The van der Waals surface area contributed by atoms with Crippen molar-refractivity contribution < 1.29 is 31.9 Å². The van der Waals surface area contributed by atoms with Crippen LogP contribution in [0.25, 0.3) is 0 Å². The summed E-state index contributed by atoms with van der Waals surface area (Å²) in [5, 5.41) is 16.2. The van der Waals surface area contributed by atoms with Gasteiger partial charge in [-0.1, -0.05) is 57.9 Å². The predicted molar refractivity (Wildman–Crippen MR) is 191 cm³/mol. The lowest BCUT2D eigenvalue weighted by atomic mass is 9.77. The predicted octanol–water partition coefficient (Wildman–Crippen LogP) is 5.36. The van der Waals surface area contributed by atoms with E-state index in [2.05, 4.69) is 15.0 Å². The van der Waals surface area contributed by atoms with Crippen LogP contribution in [-0.4, -0.2) is 43.0 Å². The quantitative estimate of drug-likeness (QED) is 0.0916. The summed E-state index contributed by atoms with van der Waals surface area (Å²) in [6.45, 7) is 5.98. The zero-order valence-corrected chi connectivity index (χ0v) is 29.9. The third-order valence-electron chi connectivity index (χ3n) is 8.46. The van der Waals surface area contributed by atoms with E-state index in [4.69, 9.17) is 11.5 Å². The van der Waals surface area contributed by atoms with Crippen molar-refractivity contribution in [3.63, 3.8) is 0 Å². The summed E-state index contributed by atoms with van der Waals surface area (Å²) < 4.78 is 59.2. The van der Waals surface area contributed by atoms with E-state index < -0.39 is 45.5 Å². The first-order valence-electron chi connectivity index (χ1n) is 16.4. The molecule has 268 valence electrons. The van der Waals surface area contributed by atoms with E-state index >= 15 is 0 Å². The van der Waals surface area contributed by atoms with Crippen LogP contribution >= 0.6 is 11.3 Å². The maximum atomic E-state index is 14.5. The number of carbonyl (C=O) groups excluding carboxylic acids is 2. The van der Waals surface area contributed by atoms with Crippen molar-refractivity contribution in [3.05, 3.63) is 109 Å². The number of aromatic nitrogens is 1. The zero-order chi connectivity index (χ0) is 36.6. The summed E-state index contributed by atoms with van der Waals surface area (Å²) >= 11 is 1.05. The molecule has 0 unspecified atom stereocenters. The number of sulfonamides is 1. The van der Waals surface area contributed by atoms with Crippen molar-refractivity contribution in [1.29, 1.82) is 0 Å². The summed E-state index contributed by atoms with van der Waals surface area (Å²) in [7, 11) is -4.42. The van der Waals surface area contributed by atoms with E-state index in [9.17, 15) is 31.9 Å². The Balaban J connectivity index is 2.02. The summed E-state index contributed by atoms with van der Waals surface area (Å²) in [5.74, 6) is -4.77. The maximum Gasteiger partial charge on any atom is 0.280 e. The lowest BCUT2D eigenvalue weighted by Crippen LogP contribution is -2.36. The van der Waals surface area contributed by atoms with Gasteiger partial charge in [-0.15, -0.1) is 11.3 Å². The molecule has 2 atom stereocenters. The largest absolute Gasteiger partial charge is 0.391 e. The number of nitrogens with zero attached hydrogens (tertiary/aromatic N) is 1. The first-order valence-corrected chi connectivity index (χ1v) is 18.9. The van der Waals surface area contributed by atoms with Crippen molar-refractivity contribution in [1.82, 2.24) is 10.3 Å². The molecule has 4 rings (SSSR count). The Hall–Kier alpha value is -4.24. The molecule has 10 nitrogen and oxygen atoms in total. The Labute approximate surface area is 295 Å². The Morgan fingerprint density at radius 2 is 1.56 bits per heavy atom. The first-order chi connectivity index (χ1) is 23.8. The fraction of sp³-hybridized carbons (Fsp3) is 0.361. The molecular formula is C36H43F2N5O5S2. The molecule has 14 heteroatoms. The van der Waals surface area contributed by atoms with Gasteiger partial charge in [-0.25, -0.2) is 13.8 Å². The van der Waals surface area contributed by atoms with Crippen LogP contribution in [0.5, 0.6) is 0 Å². The number of carbonyl (C=O) groups is 2. The number of primary amides is 2. The van der Waals surface area contributed by atoms with Gasteiger partial charge in [-0.2, -0.15) is 8.42 Å². The van der Waals surface area contributed by atoms with Crippen LogP contribution in [0.3, 0.4) is 0 Å². The van der Waals surface area contributed by atoms with Gasteiger partial charge in [0.1, 0.15) is 11.6 Å². The second kappa shape index (κ2) is 17.1. The van der Waals surface area contributed by atoms with Gasteiger partial charge in [-0.05, 0) is 71.2 Å². The molecule has 1 aromatic heterocycles. The van der Waals surface area contributed by atoms with Crippen molar-refractivity contribution in [2.24, 2.45) is 11.5 Å². The van der Waals surface area contributed by atoms with Crippen LogP contribution in [0, 0.1) is 11.6 Å². The van der Waals surface area contributed by atoms with Gasteiger partial charge in [-0.3, -0.25) is 14.3 Å². The number of hydrogen-bond donors (Lipinski definition) is 5. The van der Waals surface area contributed by atoms with Gasteiger partial charge >= 0.3 is 0 Å². The maximum absolute atomic E-state index is 14.5. The fourth-order valence-electron chi connectivity index (χ4n) is 6.35. The SMILES string of the molecule is CCCc1c(NS(=O)(=O)c2cscn2)c([C@H](Cc2cc(F)cc(F)c2)[C@@H](O)CNCc2cccc(CC)c2)c(C(N)=O)c(CCC)c1C(N)=O. The third kappa shape index (κ3) is 9.10. The molecular weight excluding hydrogens is 685 g/mol. The molecule has 3 aromatic carbocycles. The highest BCUT2D eigenvalue weighted by Gasteiger charge is 2.36. The number of thiazole rings is 1. The number of anilines is 1. The molecule has 0 aliphatic carbocycles. The molecule has 0 saturated heterocycles. The lowest BCUT2D eigenvalue weighted by molar-refractivity contribution is 0.0994. The number of nitrogens with two attached hydrogens (primary N) is 2. The number of nitrogens with one attached hydrogen (secondary N) is 2. The average Bonchev–Trinajstić information content (AvgIpc) is 3.61. The Bertz CT molecular complexity index is 1920. The lowest BCUT2D eigenvalue weighted by Gasteiger charge is -2.32. The number of halogens is 2. The second-order valence-corrected chi connectivity index (χ2v) is 14.5. The van der Waals surface area contributed by atoms with Crippen molar-refractivity contribution in [2.45, 2.75) is 82.9 Å². The first kappa shape index (κ1) is 38.6. The molecule has 7 N–H and O–H groups in total. The number of aliphatic hydroxyl groups is 1. The third-order valence-corrected chi connectivity index (χ3v) is 10.4. The van der Waals surface area contributed by atoms with Crippen LogP contribution in [0.4, 0.5) is 14.5 Å². The molecule has 0 aliphatic rings. The van der Waals surface area contributed by atoms with Gasteiger partial charge < -0.3 is 21.9 Å². The van der Waals surface area contributed by atoms with Gasteiger partial charge in [0.15, 0.2) is 5.03 Å². The van der Waals surface area contributed by atoms with Crippen molar-refractivity contribution in [2.75, 3.05) is 11.3 Å². The van der Waals surface area contributed by atoms with Crippen molar-refractivity contribution >= 4 is 38.9 Å². The standard InChI is InChI=1S/C36H43F2N5O5S2/c1-4-8-26-31(35(39)45)27(9-5-2)34(43-50(47,48)30-19-49-20-42-30)32(33(26)36(40)46)28(15-23-13-24(37)16-25(38)14-23)29(44)18-41-17-22-11-7-10-21(6-3)12-22/h7,10-14,16,19-20,28-29,41,43-44H,4-6,8-9,15,17-18H2,1-3H3,(H2,39,45)(H2,40,46)/t28-,29+/m1/s1. The summed E-state index contributed by atoms with van der Waals surface area (Å²) in [6.07, 6.45) is 0.451. The van der Waals surface area contributed by atoms with Gasteiger partial charge in [0.25, 0.3) is 10.0 Å². The molecule has 0 aliphatic heterocycles. The summed E-state index contributed by atoms with van der Waals surface area (Å²) in [5.41, 5.74) is 15.6. The smallest absolute Gasteiger partial charge is 0.280 e. The highest BCUT2D eigenvalue weighted by molar-refractivity contribution is 7.92. The molecule has 0 fully saturated rings. The highest BCUT2D eigenvalue weighted by atomic mass is 32.2. The number of rotatable bonds is 18. The normalized spacial score (nSPS) is 12.8. The van der Waals surface area contributed by atoms with E-state index in [1.807, 2.05) is 45.0 Å². The zero-order valence-electron chi connectivity index (χ0n) is 28.3. The van der Waals surface area contributed by atoms with Crippen LogP contribution in [0.2, 0.25) is 0 Å². The number of aryl methyl sites for hydroxylation is 1. The number of amides is 2. The van der Waals surface area contributed by atoms with E-state index in [0.29, 0.717) is 25.5 Å². The average molecular weight is 728 g/mol. The van der Waals surface area contributed by atoms with E-state index in [1.165, 1.54) is 10.9 Å². The minimum atomic E-state index is -4.42. The van der Waals surface area contributed by atoms with Crippen LogP contribution in [0.1, 0.15) is 93.6 Å². The molecule has 4 aromatic rings. The minimum absolute atomic E-state index is 0.000143. The van der Waals surface area contributed by atoms with Crippen molar-refractivity contribution in [3.8, 4) is 0 Å². The monoisotopic (exact) mass is 727 g/mol. The molecule has 0 saturated carbocycles. The van der Waals surface area contributed by atoms with E-state index in [-0.39, 0.29) is 69.9 Å². The Morgan fingerprint density at radius 3 is 2.14 bits per heavy atom. The molecule has 0 spiro atoms. The fourth-order valence-corrected chi connectivity index (χ4v) is 8.30. The highest BCUT2D eigenvalue weighted by Crippen LogP contribution is 2.42. The molecule has 0 radical (unpaired) electrons. The topological polar surface area (TPSA) is 178 Å². The van der Waals surface area contributed by atoms with E-state index in [0.717, 1.165) is 41.0 Å². The van der Waals surface area contributed by atoms with Crippen LogP contribution < -0.4 is 21.5 Å². The van der Waals surface area contributed by atoms with Crippen LogP contribution in [-0.2, 0) is 42.3 Å². The Kier molecular flexibility index (Phi) is 13.2. The molecule has 1 heterocycles. The Morgan fingerprint density at radius 1 is 0.920 bits per heavy atom. The number of aliphatic hydroxyl groups excluding tert-OH is 1. The minimum Gasteiger partial charge on any atom is -0.391 e. The van der Waals surface area contributed by atoms with E-state index in [1.54, 1.807) is 0 Å². The van der Waals surface area contributed by atoms with Gasteiger partial charge in [0.05, 0.1) is 17.3 Å². The molecule has 2 amide bonds.